The number of rotatable bonds is 7. The summed E-state index contributed by atoms with van der Waals surface area (Å²) < 4.78 is 6.47. The van der Waals surface area contributed by atoms with Crippen LogP contribution in [0.3, 0.4) is 0 Å². The van der Waals surface area contributed by atoms with Crippen molar-refractivity contribution in [3.05, 3.63) is 21.5 Å². The molecule has 1 aromatic heterocycles. The average Bonchev–Trinajstić information content (AvgIpc) is 2.66. The minimum Gasteiger partial charge on any atom is -0.378 e. The van der Waals surface area contributed by atoms with Crippen molar-refractivity contribution in [2.75, 3.05) is 13.7 Å². The minimum absolute atomic E-state index is 0.167. The predicted octanol–water partition coefficient (Wildman–Crippen LogP) is -0.0918. The van der Waals surface area contributed by atoms with Crippen LogP contribution in [0.1, 0.15) is 29.5 Å². The second kappa shape index (κ2) is 6.10. The Morgan fingerprint density at radius 1 is 1.61 bits per heavy atom. The van der Waals surface area contributed by atoms with Gasteiger partial charge in [0.15, 0.2) is 6.54 Å². The molecule has 0 saturated carbocycles. The molecule has 100 valence electrons. The van der Waals surface area contributed by atoms with Gasteiger partial charge in [-0.3, -0.25) is 14.9 Å². The fourth-order valence-electron chi connectivity index (χ4n) is 1.76. The first kappa shape index (κ1) is 14.1. The van der Waals surface area contributed by atoms with E-state index in [1.54, 1.807) is 4.68 Å². The Morgan fingerprint density at radius 2 is 2.28 bits per heavy atom. The maximum atomic E-state index is 11.2. The molecule has 0 bridgehead atoms. The number of methoxy groups -OCH3 is 1. The van der Waals surface area contributed by atoms with Crippen molar-refractivity contribution in [2.24, 2.45) is 5.73 Å². The predicted molar refractivity (Wildman–Crippen MR) is 62.0 cm³/mol. The lowest BCUT2D eigenvalue weighted by molar-refractivity contribution is -0.758. The van der Waals surface area contributed by atoms with Crippen molar-refractivity contribution in [3.8, 4) is 0 Å². The molecule has 18 heavy (non-hydrogen) atoms. The summed E-state index contributed by atoms with van der Waals surface area (Å²) in [5.74, 6) is -0.838. The monoisotopic (exact) mass is 257 g/mol. The van der Waals surface area contributed by atoms with Gasteiger partial charge in [0.05, 0.1) is 4.92 Å². The van der Waals surface area contributed by atoms with E-state index in [1.807, 2.05) is 6.92 Å². The molecule has 0 aliphatic rings. The maximum absolute atomic E-state index is 11.2. The number of hydrogen-bond donors (Lipinski definition) is 2. The van der Waals surface area contributed by atoms with Crippen LogP contribution in [-0.2, 0) is 17.7 Å². The van der Waals surface area contributed by atoms with Crippen LogP contribution >= 0.6 is 0 Å². The number of nitro groups is 1. The molecule has 1 amide bonds. The summed E-state index contributed by atoms with van der Waals surface area (Å²) in [6, 6.07) is 0. The number of primary amides is 1. The van der Waals surface area contributed by atoms with E-state index in [0.717, 1.165) is 6.42 Å². The molecule has 3 N–H and O–H groups in total. The van der Waals surface area contributed by atoms with Crippen LogP contribution in [0.4, 0.5) is 5.69 Å². The van der Waals surface area contributed by atoms with Gasteiger partial charge in [0.25, 0.3) is 11.6 Å². The normalized spacial score (nSPS) is 10.6. The van der Waals surface area contributed by atoms with E-state index in [2.05, 4.69) is 5.10 Å². The number of aromatic nitrogens is 2. The van der Waals surface area contributed by atoms with Gasteiger partial charge in [0, 0.05) is 13.5 Å². The SMILES string of the molecule is CCCc1c([N+](=O)[O-])c(C(N)=O)[nH][n+]1CCOC. The lowest BCUT2D eigenvalue weighted by Gasteiger charge is -1.95. The average molecular weight is 257 g/mol. The smallest absolute Gasteiger partial charge is 0.372 e. The van der Waals surface area contributed by atoms with Gasteiger partial charge in [-0.2, -0.15) is 5.10 Å². The topological polar surface area (TPSA) is 115 Å². The number of carbonyl (C=O) groups is 1. The quantitative estimate of drug-likeness (QED) is 0.403. The summed E-state index contributed by atoms with van der Waals surface area (Å²) in [7, 11) is 1.53. The van der Waals surface area contributed by atoms with E-state index < -0.39 is 10.8 Å². The van der Waals surface area contributed by atoms with E-state index in [0.29, 0.717) is 25.3 Å². The van der Waals surface area contributed by atoms with Crippen molar-refractivity contribution < 1.29 is 19.1 Å². The summed E-state index contributed by atoms with van der Waals surface area (Å²) in [4.78, 5) is 21.7. The molecular formula is C10H17N4O4+. The summed E-state index contributed by atoms with van der Waals surface area (Å²) in [6.45, 7) is 2.69. The maximum Gasteiger partial charge on any atom is 0.372 e. The van der Waals surface area contributed by atoms with Gasteiger partial charge in [-0.05, 0) is 6.42 Å². The molecule has 8 nitrogen and oxygen atoms in total. The number of amides is 1. The van der Waals surface area contributed by atoms with Gasteiger partial charge in [-0.15, -0.1) is 4.68 Å². The number of nitrogens with two attached hydrogens (primary N) is 1. The number of hydrogen-bond acceptors (Lipinski definition) is 4. The molecule has 8 heteroatoms. The first-order valence-corrected chi connectivity index (χ1v) is 5.60. The van der Waals surface area contributed by atoms with Gasteiger partial charge < -0.3 is 10.5 Å². The van der Waals surface area contributed by atoms with Gasteiger partial charge in [-0.25, -0.2) is 0 Å². The third kappa shape index (κ3) is 2.83. The molecule has 0 spiro atoms. The number of aromatic amines is 1. The van der Waals surface area contributed by atoms with Crippen LogP contribution in [-0.4, -0.2) is 29.6 Å². The van der Waals surface area contributed by atoms with E-state index in [1.165, 1.54) is 7.11 Å². The first-order valence-electron chi connectivity index (χ1n) is 5.60. The molecule has 0 aromatic carbocycles. The zero-order valence-electron chi connectivity index (χ0n) is 10.4. The molecule has 0 radical (unpaired) electrons. The Balaban J connectivity index is 3.28. The Morgan fingerprint density at radius 3 is 2.72 bits per heavy atom. The highest BCUT2D eigenvalue weighted by molar-refractivity contribution is 5.94. The highest BCUT2D eigenvalue weighted by Gasteiger charge is 2.36. The van der Waals surface area contributed by atoms with Gasteiger partial charge in [0.1, 0.15) is 6.61 Å². The number of nitrogens with zero attached hydrogens (tertiary/aromatic N) is 2. The van der Waals surface area contributed by atoms with Gasteiger partial charge in [-0.1, -0.05) is 6.92 Å². The summed E-state index contributed by atoms with van der Waals surface area (Å²) in [5, 5.41) is 13.7. The van der Waals surface area contributed by atoms with Crippen LogP contribution in [0.25, 0.3) is 0 Å². The molecule has 1 aromatic rings. The summed E-state index contributed by atoms with van der Waals surface area (Å²) in [5.41, 5.74) is 5.20. The largest absolute Gasteiger partial charge is 0.378 e. The molecular weight excluding hydrogens is 240 g/mol. The van der Waals surface area contributed by atoms with Crippen LogP contribution < -0.4 is 10.4 Å². The van der Waals surface area contributed by atoms with Crippen LogP contribution in [0.2, 0.25) is 0 Å². The van der Waals surface area contributed by atoms with Gasteiger partial charge >= 0.3 is 5.69 Å². The molecule has 1 heterocycles. The molecule has 0 aliphatic carbocycles. The summed E-state index contributed by atoms with van der Waals surface area (Å²) in [6.07, 6.45) is 1.22. The first-order chi connectivity index (χ1) is 8.52. The Hall–Kier alpha value is -1.96. The van der Waals surface area contributed by atoms with Crippen molar-refractivity contribution in [1.29, 1.82) is 0 Å². The number of carbonyl (C=O) groups excluding carboxylic acids is 1. The third-order valence-electron chi connectivity index (χ3n) is 2.52. The molecule has 1 rings (SSSR count). The summed E-state index contributed by atoms with van der Waals surface area (Å²) >= 11 is 0. The van der Waals surface area contributed by atoms with Crippen LogP contribution in [0.5, 0.6) is 0 Å². The van der Waals surface area contributed by atoms with E-state index in [-0.39, 0.29) is 11.4 Å². The standard InChI is InChI=1S/C10H16N4O4/c1-3-4-7-9(14(16)17)8(10(11)15)12-13(7)5-6-18-2/h3-6H2,1-2H3,(H2,11,15)/p+1. The second-order valence-corrected chi connectivity index (χ2v) is 3.80. The molecule has 0 unspecified atom stereocenters. The zero-order valence-corrected chi connectivity index (χ0v) is 10.4. The van der Waals surface area contributed by atoms with Crippen LogP contribution in [0.15, 0.2) is 0 Å². The van der Waals surface area contributed by atoms with Gasteiger partial charge in [0.2, 0.25) is 5.69 Å². The highest BCUT2D eigenvalue weighted by Crippen LogP contribution is 2.20. The third-order valence-corrected chi connectivity index (χ3v) is 2.52. The second-order valence-electron chi connectivity index (χ2n) is 3.80. The lowest BCUT2D eigenvalue weighted by Crippen LogP contribution is -2.42. The molecule has 0 saturated heterocycles. The molecule has 0 fully saturated rings. The zero-order chi connectivity index (χ0) is 13.7. The van der Waals surface area contributed by atoms with Crippen LogP contribution in [0, 0.1) is 10.1 Å². The van der Waals surface area contributed by atoms with E-state index >= 15 is 0 Å². The Kier molecular flexibility index (Phi) is 4.78. The fourth-order valence-corrected chi connectivity index (χ4v) is 1.76. The molecule has 0 atom stereocenters. The lowest BCUT2D eigenvalue weighted by atomic mass is 10.2. The van der Waals surface area contributed by atoms with Crippen molar-refractivity contribution in [3.63, 3.8) is 0 Å². The van der Waals surface area contributed by atoms with Crippen molar-refractivity contribution in [2.45, 2.75) is 26.3 Å². The number of H-pyrrole nitrogens is 1. The van der Waals surface area contributed by atoms with E-state index in [4.69, 9.17) is 10.5 Å². The minimum atomic E-state index is -0.838. The van der Waals surface area contributed by atoms with E-state index in [9.17, 15) is 14.9 Å². The highest BCUT2D eigenvalue weighted by atomic mass is 16.6. The molecule has 0 aliphatic heterocycles. The van der Waals surface area contributed by atoms with Crippen molar-refractivity contribution in [1.82, 2.24) is 5.10 Å². The number of ether oxygens (including phenoxy) is 1. The fraction of sp³-hybridized carbons (Fsp3) is 0.600. The Labute approximate surface area is 104 Å². The number of nitrogens with one attached hydrogen (secondary N) is 1. The van der Waals surface area contributed by atoms with Crippen molar-refractivity contribution >= 4 is 11.6 Å². The Bertz CT molecular complexity index is 455.